The molecule has 11 heavy (non-hydrogen) atoms. The zero-order chi connectivity index (χ0) is 8.43. The lowest BCUT2D eigenvalue weighted by molar-refractivity contribution is 0.0994. The molecular formula is C6H8BrN3O. The minimum absolute atomic E-state index is 0.284. The van der Waals surface area contributed by atoms with Crippen molar-refractivity contribution in [3.05, 3.63) is 16.4 Å². The second-order valence-corrected chi connectivity index (χ2v) is 2.90. The summed E-state index contributed by atoms with van der Waals surface area (Å²) in [5.41, 5.74) is 5.32. The Balaban J connectivity index is 3.07. The lowest BCUT2D eigenvalue weighted by Crippen LogP contribution is -2.12. The predicted octanol–water partition coefficient (Wildman–Crippen LogP) is 0.764. The predicted molar refractivity (Wildman–Crippen MR) is 44.1 cm³/mol. The van der Waals surface area contributed by atoms with Crippen LogP contribution in [0.15, 0.2) is 10.7 Å². The van der Waals surface area contributed by atoms with Crippen LogP contribution in [0, 0.1) is 0 Å². The molecule has 0 fully saturated rings. The van der Waals surface area contributed by atoms with Gasteiger partial charge in [0.1, 0.15) is 0 Å². The second kappa shape index (κ2) is 3.04. The van der Waals surface area contributed by atoms with Crippen molar-refractivity contribution < 1.29 is 4.79 Å². The van der Waals surface area contributed by atoms with Gasteiger partial charge in [0.05, 0.1) is 4.47 Å². The maximum absolute atomic E-state index is 10.7. The van der Waals surface area contributed by atoms with E-state index in [-0.39, 0.29) is 5.69 Å². The number of amides is 1. The number of nitrogens with zero attached hydrogens (tertiary/aromatic N) is 2. The van der Waals surface area contributed by atoms with Crippen molar-refractivity contribution in [2.75, 3.05) is 0 Å². The molecule has 1 amide bonds. The van der Waals surface area contributed by atoms with Gasteiger partial charge in [-0.25, -0.2) is 0 Å². The third-order valence-corrected chi connectivity index (χ3v) is 1.85. The first-order chi connectivity index (χ1) is 5.15. The third kappa shape index (κ3) is 1.59. The largest absolute Gasteiger partial charge is 0.364 e. The average Bonchev–Trinajstić information content (AvgIpc) is 2.30. The number of halogens is 1. The summed E-state index contributed by atoms with van der Waals surface area (Å²) in [5.74, 6) is -0.510. The molecule has 0 saturated carbocycles. The summed E-state index contributed by atoms with van der Waals surface area (Å²) < 4.78 is 2.29. The zero-order valence-corrected chi connectivity index (χ0v) is 7.63. The monoisotopic (exact) mass is 217 g/mol. The van der Waals surface area contributed by atoms with Crippen molar-refractivity contribution in [1.29, 1.82) is 0 Å². The van der Waals surface area contributed by atoms with E-state index in [1.54, 1.807) is 10.9 Å². The van der Waals surface area contributed by atoms with Gasteiger partial charge in [-0.3, -0.25) is 9.48 Å². The SMILES string of the molecule is CCn1cc(Br)c(C(N)=O)n1. The molecule has 0 radical (unpaired) electrons. The fourth-order valence-electron chi connectivity index (χ4n) is 0.726. The Morgan fingerprint density at radius 1 is 1.91 bits per heavy atom. The smallest absolute Gasteiger partial charge is 0.270 e. The molecule has 1 heterocycles. The van der Waals surface area contributed by atoms with Gasteiger partial charge in [-0.15, -0.1) is 0 Å². The van der Waals surface area contributed by atoms with Crippen LogP contribution < -0.4 is 5.73 Å². The summed E-state index contributed by atoms with van der Waals surface area (Å²) in [4.78, 5) is 10.7. The minimum Gasteiger partial charge on any atom is -0.364 e. The van der Waals surface area contributed by atoms with Gasteiger partial charge in [-0.05, 0) is 22.9 Å². The van der Waals surface area contributed by atoms with Crippen molar-refractivity contribution in [3.8, 4) is 0 Å². The van der Waals surface area contributed by atoms with Crippen LogP contribution in [0.25, 0.3) is 0 Å². The highest BCUT2D eigenvalue weighted by molar-refractivity contribution is 9.10. The number of nitrogens with two attached hydrogens (primary N) is 1. The van der Waals surface area contributed by atoms with Crippen LogP contribution in [0.5, 0.6) is 0 Å². The first-order valence-corrected chi connectivity index (χ1v) is 3.97. The van der Waals surface area contributed by atoms with Crippen molar-refractivity contribution >= 4 is 21.8 Å². The van der Waals surface area contributed by atoms with E-state index in [1.165, 1.54) is 0 Å². The molecule has 0 spiro atoms. The van der Waals surface area contributed by atoms with E-state index >= 15 is 0 Å². The van der Waals surface area contributed by atoms with Gasteiger partial charge in [0.15, 0.2) is 5.69 Å². The molecule has 0 aliphatic rings. The lowest BCUT2D eigenvalue weighted by Gasteiger charge is -1.90. The van der Waals surface area contributed by atoms with Gasteiger partial charge in [-0.2, -0.15) is 5.10 Å². The highest BCUT2D eigenvalue weighted by Crippen LogP contribution is 2.13. The van der Waals surface area contributed by atoms with Crippen molar-refractivity contribution in [2.24, 2.45) is 5.73 Å². The Morgan fingerprint density at radius 2 is 2.55 bits per heavy atom. The fraction of sp³-hybridized carbons (Fsp3) is 0.333. The number of aryl methyl sites for hydroxylation is 1. The van der Waals surface area contributed by atoms with E-state index in [4.69, 9.17) is 5.73 Å². The molecular weight excluding hydrogens is 210 g/mol. The van der Waals surface area contributed by atoms with E-state index in [9.17, 15) is 4.79 Å². The molecule has 0 bridgehead atoms. The molecule has 2 N–H and O–H groups in total. The van der Waals surface area contributed by atoms with Crippen LogP contribution in [0.2, 0.25) is 0 Å². The third-order valence-electron chi connectivity index (χ3n) is 1.27. The molecule has 5 heteroatoms. The fourth-order valence-corrected chi connectivity index (χ4v) is 1.24. The Labute approximate surface area is 72.5 Å². The first kappa shape index (κ1) is 8.26. The topological polar surface area (TPSA) is 60.9 Å². The summed E-state index contributed by atoms with van der Waals surface area (Å²) >= 11 is 3.17. The minimum atomic E-state index is -0.510. The number of hydrogen-bond acceptors (Lipinski definition) is 2. The normalized spacial score (nSPS) is 10.0. The second-order valence-electron chi connectivity index (χ2n) is 2.05. The summed E-state index contributed by atoms with van der Waals surface area (Å²) in [6.07, 6.45) is 1.72. The number of carbonyl (C=O) groups is 1. The molecule has 4 nitrogen and oxygen atoms in total. The van der Waals surface area contributed by atoms with Gasteiger partial charge in [0.2, 0.25) is 0 Å². The highest BCUT2D eigenvalue weighted by atomic mass is 79.9. The average molecular weight is 218 g/mol. The van der Waals surface area contributed by atoms with Gasteiger partial charge >= 0.3 is 0 Å². The van der Waals surface area contributed by atoms with Crippen LogP contribution in [-0.4, -0.2) is 15.7 Å². The highest BCUT2D eigenvalue weighted by Gasteiger charge is 2.10. The number of primary amides is 1. The quantitative estimate of drug-likeness (QED) is 0.796. The Morgan fingerprint density at radius 3 is 2.82 bits per heavy atom. The number of carbonyl (C=O) groups excluding carboxylic acids is 1. The van der Waals surface area contributed by atoms with E-state index in [1.807, 2.05) is 6.92 Å². The van der Waals surface area contributed by atoms with Crippen LogP contribution in [0.4, 0.5) is 0 Å². The molecule has 0 aromatic carbocycles. The van der Waals surface area contributed by atoms with E-state index in [0.717, 1.165) is 6.54 Å². The van der Waals surface area contributed by atoms with Gasteiger partial charge < -0.3 is 5.73 Å². The molecule has 60 valence electrons. The molecule has 0 saturated heterocycles. The Hall–Kier alpha value is -0.840. The van der Waals surface area contributed by atoms with Crippen molar-refractivity contribution in [2.45, 2.75) is 13.5 Å². The Bertz CT molecular complexity index is 281. The number of rotatable bonds is 2. The molecule has 0 unspecified atom stereocenters. The van der Waals surface area contributed by atoms with E-state index < -0.39 is 5.91 Å². The maximum Gasteiger partial charge on any atom is 0.270 e. The maximum atomic E-state index is 10.7. The van der Waals surface area contributed by atoms with Crippen LogP contribution in [-0.2, 0) is 6.54 Å². The summed E-state index contributed by atoms with van der Waals surface area (Å²) in [6.45, 7) is 2.66. The lowest BCUT2D eigenvalue weighted by atomic mass is 10.4. The number of hydrogen-bond donors (Lipinski definition) is 1. The molecule has 0 aliphatic heterocycles. The molecule has 0 atom stereocenters. The zero-order valence-electron chi connectivity index (χ0n) is 6.04. The Kier molecular flexibility index (Phi) is 2.28. The molecule has 0 aliphatic carbocycles. The molecule has 1 aromatic heterocycles. The van der Waals surface area contributed by atoms with Gasteiger partial charge in [0.25, 0.3) is 5.91 Å². The van der Waals surface area contributed by atoms with Crippen molar-refractivity contribution in [3.63, 3.8) is 0 Å². The standard InChI is InChI=1S/C6H8BrN3O/c1-2-10-3-4(7)5(9-10)6(8)11/h3H,2H2,1H3,(H2,8,11). The van der Waals surface area contributed by atoms with Crippen LogP contribution in [0.1, 0.15) is 17.4 Å². The first-order valence-electron chi connectivity index (χ1n) is 3.18. The molecule has 1 rings (SSSR count). The van der Waals surface area contributed by atoms with Crippen molar-refractivity contribution in [1.82, 2.24) is 9.78 Å². The van der Waals surface area contributed by atoms with Crippen LogP contribution in [0.3, 0.4) is 0 Å². The summed E-state index contributed by atoms with van der Waals surface area (Å²) in [5, 5.41) is 3.92. The molecule has 1 aromatic rings. The number of aromatic nitrogens is 2. The van der Waals surface area contributed by atoms with Crippen LogP contribution >= 0.6 is 15.9 Å². The van der Waals surface area contributed by atoms with Gasteiger partial charge in [-0.1, -0.05) is 0 Å². The van der Waals surface area contributed by atoms with Gasteiger partial charge in [0, 0.05) is 12.7 Å². The van der Waals surface area contributed by atoms with E-state index in [2.05, 4.69) is 21.0 Å². The summed E-state index contributed by atoms with van der Waals surface area (Å²) in [6, 6.07) is 0. The van der Waals surface area contributed by atoms with E-state index in [0.29, 0.717) is 4.47 Å². The summed E-state index contributed by atoms with van der Waals surface area (Å²) in [7, 11) is 0.